The lowest BCUT2D eigenvalue weighted by molar-refractivity contribution is -0.132. The number of nitrogens with one attached hydrogen (secondary N) is 2. The van der Waals surface area contributed by atoms with Gasteiger partial charge in [-0.05, 0) is 31.4 Å². The molecule has 1 aromatic carbocycles. The van der Waals surface area contributed by atoms with Gasteiger partial charge in [-0.1, -0.05) is 0 Å². The lowest BCUT2D eigenvalue weighted by Gasteiger charge is -2.26. The van der Waals surface area contributed by atoms with Crippen molar-refractivity contribution < 1.29 is 23.1 Å². The van der Waals surface area contributed by atoms with E-state index in [9.17, 15) is 18.4 Å². The zero-order valence-electron chi connectivity index (χ0n) is 21.3. The molecule has 0 atom stereocenters. The third kappa shape index (κ3) is 5.30. The van der Waals surface area contributed by atoms with Gasteiger partial charge >= 0.3 is 6.61 Å². The van der Waals surface area contributed by atoms with E-state index in [0.29, 0.717) is 31.0 Å². The number of rotatable bonds is 7. The number of alkyl halides is 2. The molecule has 5 heterocycles. The largest absolute Gasteiger partial charge is 0.434 e. The smallest absolute Gasteiger partial charge is 0.387 e. The Morgan fingerprint density at radius 2 is 2.05 bits per heavy atom. The van der Waals surface area contributed by atoms with Crippen molar-refractivity contribution >= 4 is 40.6 Å². The van der Waals surface area contributed by atoms with Crippen LogP contribution in [-0.2, 0) is 11.3 Å². The van der Waals surface area contributed by atoms with Crippen LogP contribution in [0.5, 0.6) is 5.75 Å². The Balaban J connectivity index is 1.40. The first kappa shape index (κ1) is 26.0. The number of piperidine rings is 1. The van der Waals surface area contributed by atoms with Gasteiger partial charge in [-0.15, -0.1) is 11.8 Å². The first-order chi connectivity index (χ1) is 19.5. The fourth-order valence-corrected chi connectivity index (χ4v) is 5.81. The second kappa shape index (κ2) is 11.1. The molecule has 4 aromatic rings. The molecule has 0 radical (unpaired) electrons. The van der Waals surface area contributed by atoms with Crippen molar-refractivity contribution in [3.63, 3.8) is 0 Å². The van der Waals surface area contributed by atoms with E-state index in [1.54, 1.807) is 41.2 Å². The van der Waals surface area contributed by atoms with Gasteiger partial charge in [0.25, 0.3) is 5.91 Å². The molecule has 2 amide bonds. The van der Waals surface area contributed by atoms with Crippen molar-refractivity contribution in [1.29, 1.82) is 0 Å². The maximum atomic E-state index is 13.5. The molecule has 40 heavy (non-hydrogen) atoms. The topological polar surface area (TPSA) is 119 Å². The van der Waals surface area contributed by atoms with Crippen LogP contribution >= 0.6 is 11.8 Å². The van der Waals surface area contributed by atoms with Crippen molar-refractivity contribution in [3.05, 3.63) is 48.5 Å². The van der Waals surface area contributed by atoms with Gasteiger partial charge in [0.2, 0.25) is 5.91 Å². The Kier molecular flexibility index (Phi) is 7.24. The fraction of sp³-hybridized carbons (Fsp3) is 0.346. The van der Waals surface area contributed by atoms with Crippen LogP contribution in [0.3, 0.4) is 0 Å². The van der Waals surface area contributed by atoms with E-state index < -0.39 is 12.5 Å². The lowest BCUT2D eigenvalue weighted by Crippen LogP contribution is -2.37. The van der Waals surface area contributed by atoms with Crippen LogP contribution in [0.2, 0.25) is 0 Å². The predicted octanol–water partition coefficient (Wildman–Crippen LogP) is 3.98. The maximum absolute atomic E-state index is 13.5. The number of ether oxygens (including phenoxy) is 1. The molecule has 11 nitrogen and oxygen atoms in total. The molecular weight excluding hydrogens is 542 g/mol. The van der Waals surface area contributed by atoms with Crippen molar-refractivity contribution in [1.82, 2.24) is 29.3 Å². The standard InChI is InChI=1S/C26H26F2N8O3S/c27-26(28)39-20-12-18-21(40-10-6-29-18)11-16(20)23-19(14-35(33-23)15-22(37)34-7-2-1-3-8-34)32-25(38)17-13-31-36-9-4-5-30-24(17)36/h4-5,9,11-14,26,29H,1-3,6-8,10,15H2,(H,32,38). The van der Waals surface area contributed by atoms with E-state index >= 15 is 0 Å². The van der Waals surface area contributed by atoms with Gasteiger partial charge in [-0.2, -0.15) is 19.0 Å². The van der Waals surface area contributed by atoms with E-state index in [1.165, 1.54) is 27.7 Å². The van der Waals surface area contributed by atoms with Crippen LogP contribution in [0.15, 0.2) is 47.9 Å². The predicted molar refractivity (Wildman–Crippen MR) is 145 cm³/mol. The van der Waals surface area contributed by atoms with E-state index in [4.69, 9.17) is 4.74 Å². The fourth-order valence-electron chi connectivity index (χ4n) is 4.89. The summed E-state index contributed by atoms with van der Waals surface area (Å²) in [5, 5.41) is 14.8. The molecule has 2 aliphatic heterocycles. The van der Waals surface area contributed by atoms with Gasteiger partial charge in [0.05, 0.1) is 17.6 Å². The first-order valence-corrected chi connectivity index (χ1v) is 13.9. The molecule has 1 fully saturated rings. The Bertz CT molecular complexity index is 1570. The van der Waals surface area contributed by atoms with Crippen LogP contribution in [0, 0.1) is 0 Å². The summed E-state index contributed by atoms with van der Waals surface area (Å²) in [5.74, 6) is 0.0883. The molecule has 3 aromatic heterocycles. The number of halogens is 2. The van der Waals surface area contributed by atoms with E-state index in [2.05, 4.69) is 25.8 Å². The minimum absolute atomic E-state index is 0.0621. The van der Waals surface area contributed by atoms with Crippen LogP contribution in [0.4, 0.5) is 20.2 Å². The molecule has 0 unspecified atom stereocenters. The molecule has 0 spiro atoms. The van der Waals surface area contributed by atoms with Gasteiger partial charge in [0, 0.05) is 60.5 Å². The normalized spacial score (nSPS) is 15.1. The van der Waals surface area contributed by atoms with Gasteiger partial charge in [0.15, 0.2) is 5.65 Å². The Morgan fingerprint density at radius 1 is 1.20 bits per heavy atom. The third-order valence-corrected chi connectivity index (χ3v) is 7.82. The highest BCUT2D eigenvalue weighted by molar-refractivity contribution is 7.99. The van der Waals surface area contributed by atoms with Gasteiger partial charge in [-0.3, -0.25) is 14.3 Å². The minimum atomic E-state index is -3.07. The zero-order chi connectivity index (χ0) is 27.6. The van der Waals surface area contributed by atoms with E-state index in [1.807, 2.05) is 0 Å². The molecule has 6 rings (SSSR count). The summed E-state index contributed by atoms with van der Waals surface area (Å²) in [6, 6.07) is 4.92. The van der Waals surface area contributed by atoms with Crippen LogP contribution in [-0.4, -0.2) is 73.1 Å². The van der Waals surface area contributed by atoms with Gasteiger partial charge in [-0.25, -0.2) is 9.50 Å². The molecule has 0 aliphatic carbocycles. The number of aromatic nitrogens is 5. The molecule has 1 saturated heterocycles. The highest BCUT2D eigenvalue weighted by Crippen LogP contribution is 2.43. The van der Waals surface area contributed by atoms with Crippen molar-refractivity contribution in [2.45, 2.75) is 37.3 Å². The number of anilines is 2. The monoisotopic (exact) mass is 568 g/mol. The number of hydrogen-bond acceptors (Lipinski definition) is 8. The molecule has 2 aliphatic rings. The Labute approximate surface area is 231 Å². The summed E-state index contributed by atoms with van der Waals surface area (Å²) in [5.41, 5.74) is 1.96. The number of fused-ring (bicyclic) bond motifs is 2. The first-order valence-electron chi connectivity index (χ1n) is 12.9. The molecule has 2 N–H and O–H groups in total. The van der Waals surface area contributed by atoms with Gasteiger partial charge in [0.1, 0.15) is 23.6 Å². The average molecular weight is 569 g/mol. The summed E-state index contributed by atoms with van der Waals surface area (Å²) in [6.07, 6.45) is 9.13. The number of thioether (sulfide) groups is 1. The molecular formula is C26H26F2N8O3S. The highest BCUT2D eigenvalue weighted by Gasteiger charge is 2.25. The number of hydrogen-bond donors (Lipinski definition) is 2. The van der Waals surface area contributed by atoms with E-state index in [0.717, 1.165) is 29.9 Å². The number of nitrogens with zero attached hydrogens (tertiary/aromatic N) is 6. The molecule has 208 valence electrons. The number of likely N-dealkylation sites (tertiary alicyclic amines) is 1. The molecule has 0 saturated carbocycles. The SMILES string of the molecule is O=C(Nc1cn(CC(=O)N2CCCCC2)nc1-c1cc2c(cc1OC(F)F)NCCS2)c1cnn2cccnc12. The highest BCUT2D eigenvalue weighted by atomic mass is 32.2. The number of carbonyl (C=O) groups is 2. The number of amides is 2. The maximum Gasteiger partial charge on any atom is 0.387 e. The minimum Gasteiger partial charge on any atom is -0.434 e. The molecule has 0 bridgehead atoms. The Morgan fingerprint density at radius 3 is 2.88 bits per heavy atom. The Hall–Kier alpha value is -4.20. The summed E-state index contributed by atoms with van der Waals surface area (Å²) in [4.78, 5) is 33.2. The summed E-state index contributed by atoms with van der Waals surface area (Å²) in [7, 11) is 0. The van der Waals surface area contributed by atoms with Crippen molar-refractivity contribution in [3.8, 4) is 17.0 Å². The van der Waals surface area contributed by atoms with Crippen molar-refractivity contribution in [2.75, 3.05) is 36.0 Å². The van der Waals surface area contributed by atoms with Crippen LogP contribution in [0.25, 0.3) is 16.9 Å². The van der Waals surface area contributed by atoms with Gasteiger partial charge < -0.3 is 20.3 Å². The van der Waals surface area contributed by atoms with E-state index in [-0.39, 0.29) is 40.7 Å². The van der Waals surface area contributed by atoms with Crippen molar-refractivity contribution in [2.24, 2.45) is 0 Å². The number of benzene rings is 1. The number of carbonyl (C=O) groups excluding carboxylic acids is 2. The summed E-state index contributed by atoms with van der Waals surface area (Å²) < 4.78 is 34.7. The molecule has 14 heteroatoms. The lowest BCUT2D eigenvalue weighted by atomic mass is 10.1. The second-order valence-electron chi connectivity index (χ2n) is 9.43. The quantitative estimate of drug-likeness (QED) is 0.344. The summed E-state index contributed by atoms with van der Waals surface area (Å²) in [6.45, 7) is -1.08. The average Bonchev–Trinajstić information content (AvgIpc) is 3.57. The van der Waals surface area contributed by atoms with Crippen LogP contribution in [0.1, 0.15) is 29.6 Å². The summed E-state index contributed by atoms with van der Waals surface area (Å²) >= 11 is 1.57. The second-order valence-corrected chi connectivity index (χ2v) is 10.6. The van der Waals surface area contributed by atoms with Crippen LogP contribution < -0.4 is 15.4 Å². The third-order valence-electron chi connectivity index (χ3n) is 6.77. The zero-order valence-corrected chi connectivity index (χ0v) is 22.2.